The number of phenolic OH excluding ortho intramolecular Hbond substituents is 1. The van der Waals surface area contributed by atoms with Crippen molar-refractivity contribution in [3.05, 3.63) is 53.8 Å². The molecule has 0 bridgehead atoms. The highest BCUT2D eigenvalue weighted by Crippen LogP contribution is 2.31. The van der Waals surface area contributed by atoms with Gasteiger partial charge in [0.05, 0.1) is 18.8 Å². The molecule has 0 atom stereocenters. The number of aromatic hydroxyl groups is 1. The second-order valence-electron chi connectivity index (χ2n) is 5.22. The average Bonchev–Trinajstić information content (AvgIpc) is 2.50. The van der Waals surface area contributed by atoms with Crippen molar-refractivity contribution >= 4 is 0 Å². The lowest BCUT2D eigenvalue weighted by atomic mass is 10.0. The summed E-state index contributed by atoms with van der Waals surface area (Å²) in [4.78, 5) is 2.33. The van der Waals surface area contributed by atoms with Crippen molar-refractivity contribution in [1.29, 1.82) is 0 Å². The molecule has 0 spiro atoms. The average molecular weight is 287 g/mol. The van der Waals surface area contributed by atoms with Crippen LogP contribution in [0.4, 0.5) is 4.39 Å². The van der Waals surface area contributed by atoms with Crippen LogP contribution >= 0.6 is 0 Å². The molecule has 110 valence electrons. The first kappa shape index (κ1) is 14.0. The first-order valence-electron chi connectivity index (χ1n) is 7.11. The molecule has 2 aromatic carbocycles. The Balaban J connectivity index is 1.77. The number of phenols is 1. The van der Waals surface area contributed by atoms with Crippen LogP contribution in [0.25, 0.3) is 11.1 Å². The number of hydrogen-bond donors (Lipinski definition) is 1. The van der Waals surface area contributed by atoms with Crippen LogP contribution in [0.2, 0.25) is 0 Å². The lowest BCUT2D eigenvalue weighted by molar-refractivity contribution is 0.0342. The Labute approximate surface area is 123 Å². The maximum atomic E-state index is 13.8. The van der Waals surface area contributed by atoms with Gasteiger partial charge in [0, 0.05) is 19.6 Å². The van der Waals surface area contributed by atoms with Crippen LogP contribution < -0.4 is 0 Å². The molecule has 0 aromatic heterocycles. The second kappa shape index (κ2) is 6.24. The highest BCUT2D eigenvalue weighted by Gasteiger charge is 2.12. The van der Waals surface area contributed by atoms with E-state index >= 15 is 0 Å². The van der Waals surface area contributed by atoms with E-state index in [1.807, 2.05) is 24.3 Å². The number of benzene rings is 2. The van der Waals surface area contributed by atoms with E-state index in [2.05, 4.69) is 4.90 Å². The Hall–Kier alpha value is -1.91. The SMILES string of the molecule is Oc1cccc(F)c1-c1ccc(CN2CCOCC2)cc1. The molecule has 0 radical (unpaired) electrons. The summed E-state index contributed by atoms with van der Waals surface area (Å²) in [6, 6.07) is 12.0. The van der Waals surface area contributed by atoms with Gasteiger partial charge in [0.15, 0.2) is 0 Å². The van der Waals surface area contributed by atoms with Gasteiger partial charge in [-0.05, 0) is 23.3 Å². The molecule has 3 nitrogen and oxygen atoms in total. The van der Waals surface area contributed by atoms with E-state index in [0.29, 0.717) is 5.56 Å². The number of hydrogen-bond acceptors (Lipinski definition) is 3. The van der Waals surface area contributed by atoms with Crippen molar-refractivity contribution in [1.82, 2.24) is 4.90 Å². The van der Waals surface area contributed by atoms with Crippen molar-refractivity contribution in [3.8, 4) is 16.9 Å². The van der Waals surface area contributed by atoms with Crippen molar-refractivity contribution in [2.75, 3.05) is 26.3 Å². The van der Waals surface area contributed by atoms with Gasteiger partial charge in [-0.1, -0.05) is 30.3 Å². The van der Waals surface area contributed by atoms with Crippen LogP contribution in [0, 0.1) is 5.82 Å². The zero-order valence-electron chi connectivity index (χ0n) is 11.8. The molecule has 1 N–H and O–H groups in total. The molecule has 0 amide bonds. The lowest BCUT2D eigenvalue weighted by Crippen LogP contribution is -2.35. The predicted octanol–water partition coefficient (Wildman–Crippen LogP) is 3.03. The minimum absolute atomic E-state index is 0.0315. The van der Waals surface area contributed by atoms with Crippen molar-refractivity contribution in [2.24, 2.45) is 0 Å². The Morgan fingerprint density at radius 2 is 1.76 bits per heavy atom. The second-order valence-corrected chi connectivity index (χ2v) is 5.22. The first-order valence-corrected chi connectivity index (χ1v) is 7.11. The minimum Gasteiger partial charge on any atom is -0.507 e. The fourth-order valence-corrected chi connectivity index (χ4v) is 2.59. The third-order valence-electron chi connectivity index (χ3n) is 3.74. The summed E-state index contributed by atoms with van der Waals surface area (Å²) in [7, 11) is 0. The summed E-state index contributed by atoms with van der Waals surface area (Å²) in [5.74, 6) is -0.438. The standard InChI is InChI=1S/C17H18FNO2/c18-15-2-1-3-16(20)17(15)14-6-4-13(5-7-14)12-19-8-10-21-11-9-19/h1-7,20H,8-12H2. The lowest BCUT2D eigenvalue weighted by Gasteiger charge is -2.26. The molecule has 3 rings (SSSR count). The van der Waals surface area contributed by atoms with Gasteiger partial charge in [-0.15, -0.1) is 0 Å². The molecule has 0 unspecified atom stereocenters. The summed E-state index contributed by atoms with van der Waals surface area (Å²) < 4.78 is 19.2. The Morgan fingerprint density at radius 1 is 1.05 bits per heavy atom. The van der Waals surface area contributed by atoms with E-state index in [0.717, 1.165) is 32.8 Å². The fourth-order valence-electron chi connectivity index (χ4n) is 2.59. The molecule has 4 heteroatoms. The molecule has 2 aromatic rings. The molecule has 21 heavy (non-hydrogen) atoms. The van der Waals surface area contributed by atoms with Gasteiger partial charge in [0.2, 0.25) is 0 Å². The molecule has 0 aliphatic carbocycles. The van der Waals surface area contributed by atoms with E-state index in [-0.39, 0.29) is 11.3 Å². The summed E-state index contributed by atoms with van der Waals surface area (Å²) in [5.41, 5.74) is 2.13. The van der Waals surface area contributed by atoms with Gasteiger partial charge >= 0.3 is 0 Å². The van der Waals surface area contributed by atoms with E-state index < -0.39 is 5.82 Å². The highest BCUT2D eigenvalue weighted by atomic mass is 19.1. The first-order chi connectivity index (χ1) is 10.2. The highest BCUT2D eigenvalue weighted by molar-refractivity contribution is 5.70. The predicted molar refractivity (Wildman–Crippen MR) is 79.6 cm³/mol. The molecule has 1 saturated heterocycles. The summed E-state index contributed by atoms with van der Waals surface area (Å²) >= 11 is 0. The molecule has 0 saturated carbocycles. The van der Waals surface area contributed by atoms with Gasteiger partial charge in [-0.25, -0.2) is 4.39 Å². The van der Waals surface area contributed by atoms with Crippen LogP contribution in [-0.2, 0) is 11.3 Å². The van der Waals surface area contributed by atoms with Crippen LogP contribution in [-0.4, -0.2) is 36.3 Å². The van der Waals surface area contributed by atoms with Gasteiger partial charge in [0.25, 0.3) is 0 Å². The van der Waals surface area contributed by atoms with Crippen LogP contribution in [0.15, 0.2) is 42.5 Å². The van der Waals surface area contributed by atoms with Gasteiger partial charge in [-0.2, -0.15) is 0 Å². The van der Waals surface area contributed by atoms with Gasteiger partial charge in [-0.3, -0.25) is 4.90 Å². The Bertz CT molecular complexity index is 586. The summed E-state index contributed by atoms with van der Waals surface area (Å²) in [6.45, 7) is 4.31. The summed E-state index contributed by atoms with van der Waals surface area (Å²) in [6.07, 6.45) is 0. The number of morpholine rings is 1. The molecule has 1 fully saturated rings. The zero-order chi connectivity index (χ0) is 14.7. The van der Waals surface area contributed by atoms with Crippen LogP contribution in [0.3, 0.4) is 0 Å². The fraction of sp³-hybridized carbons (Fsp3) is 0.294. The molecule has 1 aliphatic rings. The number of rotatable bonds is 3. The maximum absolute atomic E-state index is 13.8. The van der Waals surface area contributed by atoms with Crippen molar-refractivity contribution in [3.63, 3.8) is 0 Å². The van der Waals surface area contributed by atoms with E-state index in [9.17, 15) is 9.50 Å². The zero-order valence-corrected chi connectivity index (χ0v) is 11.8. The monoisotopic (exact) mass is 287 g/mol. The maximum Gasteiger partial charge on any atom is 0.134 e. The van der Waals surface area contributed by atoms with Crippen molar-refractivity contribution < 1.29 is 14.2 Å². The van der Waals surface area contributed by atoms with E-state index in [1.165, 1.54) is 23.8 Å². The Morgan fingerprint density at radius 3 is 2.43 bits per heavy atom. The topological polar surface area (TPSA) is 32.7 Å². The number of nitrogens with zero attached hydrogens (tertiary/aromatic N) is 1. The third kappa shape index (κ3) is 3.23. The van der Waals surface area contributed by atoms with E-state index in [4.69, 9.17) is 4.74 Å². The van der Waals surface area contributed by atoms with Crippen LogP contribution in [0.5, 0.6) is 5.75 Å². The number of halogens is 1. The molecule has 1 aliphatic heterocycles. The van der Waals surface area contributed by atoms with Gasteiger partial charge in [0.1, 0.15) is 11.6 Å². The Kier molecular flexibility index (Phi) is 4.18. The smallest absolute Gasteiger partial charge is 0.134 e. The van der Waals surface area contributed by atoms with E-state index in [1.54, 1.807) is 0 Å². The third-order valence-corrected chi connectivity index (χ3v) is 3.74. The van der Waals surface area contributed by atoms with Crippen molar-refractivity contribution in [2.45, 2.75) is 6.54 Å². The molecule has 1 heterocycles. The molecular formula is C17H18FNO2. The number of ether oxygens (including phenoxy) is 1. The minimum atomic E-state index is -0.407. The summed E-state index contributed by atoms with van der Waals surface area (Å²) in [5, 5.41) is 9.81. The van der Waals surface area contributed by atoms with Gasteiger partial charge < -0.3 is 9.84 Å². The van der Waals surface area contributed by atoms with Crippen LogP contribution in [0.1, 0.15) is 5.56 Å². The largest absolute Gasteiger partial charge is 0.507 e. The normalized spacial score (nSPS) is 16.0. The quantitative estimate of drug-likeness (QED) is 0.942. The molecular weight excluding hydrogens is 269 g/mol.